The molecule has 0 aliphatic heterocycles. The van der Waals surface area contributed by atoms with Crippen LogP contribution >= 0.6 is 0 Å². The number of furan rings is 1. The predicted molar refractivity (Wildman–Crippen MR) is 58.0 cm³/mol. The van der Waals surface area contributed by atoms with Crippen LogP contribution in [0.1, 0.15) is 19.1 Å². The van der Waals surface area contributed by atoms with Crippen molar-refractivity contribution in [2.45, 2.75) is 26.0 Å². The average molecular weight is 228 g/mol. The molecule has 0 bridgehead atoms. The van der Waals surface area contributed by atoms with Crippen molar-refractivity contribution in [3.05, 3.63) is 28.0 Å². The Labute approximate surface area is 93.6 Å². The Kier molecular flexibility index (Phi) is 4.45. The maximum Gasteiger partial charge on any atom is 0.433 e. The molecule has 1 rings (SSSR count). The Bertz CT molecular complexity index is 348. The molecule has 0 spiro atoms. The van der Waals surface area contributed by atoms with Gasteiger partial charge in [0, 0.05) is 6.54 Å². The molecule has 0 aliphatic rings. The molecule has 1 heterocycles. The first-order chi connectivity index (χ1) is 7.49. The van der Waals surface area contributed by atoms with Crippen LogP contribution in [0.25, 0.3) is 0 Å². The van der Waals surface area contributed by atoms with E-state index in [1.807, 2.05) is 11.9 Å². The van der Waals surface area contributed by atoms with E-state index in [4.69, 9.17) is 9.52 Å². The summed E-state index contributed by atoms with van der Waals surface area (Å²) in [5.41, 5.74) is 0. The number of aliphatic hydroxyl groups excluding tert-OH is 1. The average Bonchev–Trinajstić information content (AvgIpc) is 2.63. The van der Waals surface area contributed by atoms with E-state index in [9.17, 15) is 10.1 Å². The van der Waals surface area contributed by atoms with Crippen molar-refractivity contribution in [3.63, 3.8) is 0 Å². The lowest BCUT2D eigenvalue weighted by molar-refractivity contribution is -0.402. The summed E-state index contributed by atoms with van der Waals surface area (Å²) in [6.45, 7) is 2.94. The summed E-state index contributed by atoms with van der Waals surface area (Å²) in [7, 11) is 1.87. The molecule has 6 nitrogen and oxygen atoms in total. The van der Waals surface area contributed by atoms with Crippen molar-refractivity contribution in [2.75, 3.05) is 13.6 Å². The minimum Gasteiger partial charge on any atom is -0.404 e. The highest BCUT2D eigenvalue weighted by Gasteiger charge is 2.13. The number of hydrogen-bond acceptors (Lipinski definition) is 5. The monoisotopic (exact) mass is 228 g/mol. The molecule has 0 saturated carbocycles. The number of hydrogen-bond donors (Lipinski definition) is 1. The smallest absolute Gasteiger partial charge is 0.404 e. The summed E-state index contributed by atoms with van der Waals surface area (Å²) in [5, 5.41) is 19.5. The Morgan fingerprint density at radius 2 is 2.31 bits per heavy atom. The van der Waals surface area contributed by atoms with Gasteiger partial charge in [0.15, 0.2) is 0 Å². The molecule has 0 aliphatic carbocycles. The van der Waals surface area contributed by atoms with Gasteiger partial charge in [-0.2, -0.15) is 0 Å². The van der Waals surface area contributed by atoms with E-state index in [2.05, 4.69) is 0 Å². The molecule has 1 aromatic heterocycles. The van der Waals surface area contributed by atoms with Gasteiger partial charge in [-0.25, -0.2) is 0 Å². The fourth-order valence-corrected chi connectivity index (χ4v) is 1.30. The molecule has 6 heteroatoms. The van der Waals surface area contributed by atoms with Crippen LogP contribution in [0.15, 0.2) is 16.5 Å². The van der Waals surface area contributed by atoms with Gasteiger partial charge >= 0.3 is 5.88 Å². The first-order valence-electron chi connectivity index (χ1n) is 5.08. The lowest BCUT2D eigenvalue weighted by atomic mass is 10.3. The molecule has 1 aromatic rings. The van der Waals surface area contributed by atoms with Crippen molar-refractivity contribution in [3.8, 4) is 0 Å². The fourth-order valence-electron chi connectivity index (χ4n) is 1.30. The van der Waals surface area contributed by atoms with Crippen LogP contribution in [-0.2, 0) is 6.54 Å². The quantitative estimate of drug-likeness (QED) is 0.588. The number of nitro groups is 1. The van der Waals surface area contributed by atoms with Crippen LogP contribution in [0.3, 0.4) is 0 Å². The van der Waals surface area contributed by atoms with E-state index in [1.54, 1.807) is 13.0 Å². The molecular formula is C10H16N2O4. The van der Waals surface area contributed by atoms with Crippen molar-refractivity contribution in [2.24, 2.45) is 0 Å². The van der Waals surface area contributed by atoms with E-state index in [0.717, 1.165) is 0 Å². The lowest BCUT2D eigenvalue weighted by Crippen LogP contribution is -2.21. The highest BCUT2D eigenvalue weighted by Crippen LogP contribution is 2.16. The molecule has 16 heavy (non-hydrogen) atoms. The molecule has 1 unspecified atom stereocenters. The van der Waals surface area contributed by atoms with Crippen LogP contribution in [0.4, 0.5) is 5.88 Å². The summed E-state index contributed by atoms with van der Waals surface area (Å²) >= 11 is 0. The third-order valence-electron chi connectivity index (χ3n) is 2.18. The normalized spacial score (nSPS) is 13.0. The fraction of sp³-hybridized carbons (Fsp3) is 0.600. The van der Waals surface area contributed by atoms with Gasteiger partial charge < -0.3 is 9.52 Å². The van der Waals surface area contributed by atoms with E-state index in [1.165, 1.54) is 6.07 Å². The molecule has 1 atom stereocenters. The Morgan fingerprint density at radius 1 is 1.62 bits per heavy atom. The second kappa shape index (κ2) is 5.62. The van der Waals surface area contributed by atoms with E-state index in [-0.39, 0.29) is 12.0 Å². The minimum atomic E-state index is -0.556. The Hall–Kier alpha value is -1.40. The first kappa shape index (κ1) is 12.7. The number of aliphatic hydroxyl groups is 1. The zero-order chi connectivity index (χ0) is 12.1. The third-order valence-corrected chi connectivity index (χ3v) is 2.18. The lowest BCUT2D eigenvalue weighted by Gasteiger charge is -2.15. The summed E-state index contributed by atoms with van der Waals surface area (Å²) in [5.74, 6) is 0.318. The standard InChI is InChI=1S/C10H16N2O4/c1-8(13)5-6-11(2)7-9-3-4-10(16-9)12(14)15/h3-4,8,13H,5-7H2,1-2H3. The highest BCUT2D eigenvalue weighted by molar-refractivity contribution is 5.17. The van der Waals surface area contributed by atoms with Gasteiger partial charge in [0.25, 0.3) is 0 Å². The first-order valence-corrected chi connectivity index (χ1v) is 5.08. The maximum atomic E-state index is 10.4. The van der Waals surface area contributed by atoms with Gasteiger partial charge in [0.2, 0.25) is 0 Å². The molecule has 0 saturated heterocycles. The minimum absolute atomic E-state index is 0.237. The molecule has 0 aromatic carbocycles. The summed E-state index contributed by atoms with van der Waals surface area (Å²) in [6.07, 6.45) is 0.327. The van der Waals surface area contributed by atoms with Gasteiger partial charge in [-0.05, 0) is 26.5 Å². The van der Waals surface area contributed by atoms with Crippen molar-refractivity contribution in [1.29, 1.82) is 0 Å². The maximum absolute atomic E-state index is 10.4. The molecule has 0 fully saturated rings. The van der Waals surface area contributed by atoms with Crippen LogP contribution in [0.5, 0.6) is 0 Å². The van der Waals surface area contributed by atoms with E-state index < -0.39 is 4.92 Å². The summed E-state index contributed by atoms with van der Waals surface area (Å²) < 4.78 is 5.02. The van der Waals surface area contributed by atoms with E-state index >= 15 is 0 Å². The molecule has 1 N–H and O–H groups in total. The molecule has 0 amide bonds. The Balaban J connectivity index is 2.43. The third kappa shape index (κ3) is 4.00. The van der Waals surface area contributed by atoms with Gasteiger partial charge in [-0.15, -0.1) is 0 Å². The predicted octanol–water partition coefficient (Wildman–Crippen LogP) is 1.39. The van der Waals surface area contributed by atoms with Crippen LogP contribution in [0.2, 0.25) is 0 Å². The summed E-state index contributed by atoms with van der Waals surface area (Å²) in [6, 6.07) is 2.94. The van der Waals surface area contributed by atoms with Gasteiger partial charge in [0.05, 0.1) is 18.7 Å². The van der Waals surface area contributed by atoms with Crippen molar-refractivity contribution in [1.82, 2.24) is 4.90 Å². The highest BCUT2D eigenvalue weighted by atomic mass is 16.6. The number of rotatable bonds is 6. The zero-order valence-electron chi connectivity index (χ0n) is 9.42. The van der Waals surface area contributed by atoms with Crippen LogP contribution < -0.4 is 0 Å². The second-order valence-corrected chi connectivity index (χ2v) is 3.87. The second-order valence-electron chi connectivity index (χ2n) is 3.87. The van der Waals surface area contributed by atoms with Crippen LogP contribution in [-0.4, -0.2) is 34.6 Å². The zero-order valence-corrected chi connectivity index (χ0v) is 9.42. The molecule has 0 radical (unpaired) electrons. The van der Waals surface area contributed by atoms with Crippen LogP contribution in [0, 0.1) is 10.1 Å². The van der Waals surface area contributed by atoms with Gasteiger partial charge in [0.1, 0.15) is 10.7 Å². The Morgan fingerprint density at radius 3 is 2.81 bits per heavy atom. The van der Waals surface area contributed by atoms with E-state index in [0.29, 0.717) is 25.3 Å². The van der Waals surface area contributed by atoms with Crippen molar-refractivity contribution >= 4 is 5.88 Å². The van der Waals surface area contributed by atoms with Gasteiger partial charge in [-0.3, -0.25) is 15.0 Å². The number of nitrogens with zero attached hydrogens (tertiary/aromatic N) is 2. The van der Waals surface area contributed by atoms with Crippen molar-refractivity contribution < 1.29 is 14.4 Å². The SMILES string of the molecule is CC(O)CCN(C)Cc1ccc([N+](=O)[O-])o1. The molecular weight excluding hydrogens is 212 g/mol. The molecule has 90 valence electrons. The largest absolute Gasteiger partial charge is 0.433 e. The topological polar surface area (TPSA) is 79.8 Å². The summed E-state index contributed by atoms with van der Waals surface area (Å²) in [4.78, 5) is 11.8. The van der Waals surface area contributed by atoms with Gasteiger partial charge in [-0.1, -0.05) is 0 Å².